The summed E-state index contributed by atoms with van der Waals surface area (Å²) >= 11 is 0. The number of ether oxygens (including phenoxy) is 2. The van der Waals surface area contributed by atoms with Gasteiger partial charge in [-0.2, -0.15) is 0 Å². The van der Waals surface area contributed by atoms with E-state index in [0.717, 1.165) is 51.4 Å². The molecule has 1 fully saturated rings. The Morgan fingerprint density at radius 3 is 1.29 bits per heavy atom. The fraction of sp³-hybridized carbons (Fsp3) is 0.943. The molecule has 1 rings (SSSR count). The molecule has 8 unspecified atom stereocenters. The van der Waals surface area contributed by atoms with E-state index in [4.69, 9.17) is 9.47 Å². The number of unbranched alkanes of at least 4 members (excludes halogenated alkanes) is 33. The smallest absolute Gasteiger partial charge is 0.249 e. The zero-order chi connectivity index (χ0) is 46.0. The van der Waals surface area contributed by atoms with Crippen molar-refractivity contribution in [1.29, 1.82) is 0 Å². The highest BCUT2D eigenvalue weighted by Crippen LogP contribution is 2.23. The van der Waals surface area contributed by atoms with Crippen LogP contribution in [0.2, 0.25) is 0 Å². The van der Waals surface area contributed by atoms with Gasteiger partial charge in [-0.25, -0.2) is 0 Å². The Bertz CT molecular complexity index is 1010. The third-order valence-corrected chi connectivity index (χ3v) is 13.2. The lowest BCUT2D eigenvalue weighted by Gasteiger charge is -2.40. The molecule has 0 radical (unpaired) electrons. The van der Waals surface area contributed by atoms with Crippen molar-refractivity contribution < 1.29 is 44.9 Å². The summed E-state index contributed by atoms with van der Waals surface area (Å²) < 4.78 is 11.2. The van der Waals surface area contributed by atoms with E-state index in [1.807, 2.05) is 0 Å². The van der Waals surface area contributed by atoms with Crippen LogP contribution in [-0.2, 0) is 14.3 Å². The minimum absolute atomic E-state index is 0.253. The van der Waals surface area contributed by atoms with Crippen LogP contribution < -0.4 is 5.32 Å². The van der Waals surface area contributed by atoms with Crippen LogP contribution in [0, 0.1) is 0 Å². The SMILES string of the molecule is CCCCCCCCCCCCCC/C=C\CCCCCCCCCCC(O)C(=O)NC(COC1OC(CO)C(O)C(O)C1O)C(O)CCCCCCCCCCCCCCCC. The number of rotatable bonds is 46. The lowest BCUT2D eigenvalue weighted by Crippen LogP contribution is -2.60. The van der Waals surface area contributed by atoms with Crippen molar-refractivity contribution in [2.75, 3.05) is 13.2 Å². The van der Waals surface area contributed by atoms with Crippen molar-refractivity contribution in [3.8, 4) is 0 Å². The topological polar surface area (TPSA) is 169 Å². The van der Waals surface area contributed by atoms with E-state index < -0.39 is 61.5 Å². The Balaban J connectivity index is 2.26. The Hall–Kier alpha value is -1.11. The van der Waals surface area contributed by atoms with Crippen LogP contribution >= 0.6 is 0 Å². The molecule has 0 aromatic rings. The van der Waals surface area contributed by atoms with Gasteiger partial charge in [-0.1, -0.05) is 231 Å². The van der Waals surface area contributed by atoms with Crippen LogP contribution in [0.3, 0.4) is 0 Å². The van der Waals surface area contributed by atoms with Gasteiger partial charge >= 0.3 is 0 Å². The molecule has 1 saturated heterocycles. The summed E-state index contributed by atoms with van der Waals surface area (Å²) in [5.74, 6) is -0.583. The molecule has 1 aliphatic heterocycles. The van der Waals surface area contributed by atoms with Gasteiger partial charge in [-0.05, 0) is 38.5 Å². The summed E-state index contributed by atoms with van der Waals surface area (Å²) in [4.78, 5) is 13.1. The molecule has 374 valence electrons. The molecule has 10 nitrogen and oxygen atoms in total. The average molecular weight is 898 g/mol. The van der Waals surface area contributed by atoms with E-state index in [1.165, 1.54) is 180 Å². The van der Waals surface area contributed by atoms with E-state index in [0.29, 0.717) is 12.8 Å². The number of allylic oxidation sites excluding steroid dienone is 2. The van der Waals surface area contributed by atoms with E-state index in [-0.39, 0.29) is 6.61 Å². The maximum Gasteiger partial charge on any atom is 0.249 e. The van der Waals surface area contributed by atoms with Crippen molar-refractivity contribution in [3.63, 3.8) is 0 Å². The number of hydrogen-bond donors (Lipinski definition) is 7. The van der Waals surface area contributed by atoms with Crippen LogP contribution in [0.4, 0.5) is 0 Å². The molecule has 10 heteroatoms. The van der Waals surface area contributed by atoms with Gasteiger partial charge in [0.15, 0.2) is 6.29 Å². The summed E-state index contributed by atoms with van der Waals surface area (Å²) in [6.07, 6.45) is 41.2. The zero-order valence-corrected chi connectivity index (χ0v) is 41.0. The Kier molecular flexibility index (Phi) is 41.3. The van der Waals surface area contributed by atoms with E-state index in [2.05, 4.69) is 31.3 Å². The number of aliphatic hydroxyl groups is 6. The molecule has 7 N–H and O–H groups in total. The molecule has 0 aromatic carbocycles. The quantitative estimate of drug-likeness (QED) is 0.0232. The number of nitrogens with one attached hydrogen (secondary N) is 1. The van der Waals surface area contributed by atoms with Gasteiger partial charge in [-0.15, -0.1) is 0 Å². The third kappa shape index (κ3) is 33.1. The van der Waals surface area contributed by atoms with Crippen LogP contribution in [0.25, 0.3) is 0 Å². The summed E-state index contributed by atoms with van der Waals surface area (Å²) in [6.45, 7) is 3.69. The van der Waals surface area contributed by atoms with E-state index >= 15 is 0 Å². The molecule has 0 aromatic heterocycles. The molecule has 0 spiro atoms. The normalized spacial score (nSPS) is 20.7. The Labute approximate surface area is 387 Å². The van der Waals surface area contributed by atoms with Gasteiger partial charge in [0.2, 0.25) is 5.91 Å². The second-order valence-corrected chi connectivity index (χ2v) is 19.2. The molecule has 1 aliphatic rings. The molecule has 63 heavy (non-hydrogen) atoms. The van der Waals surface area contributed by atoms with Crippen LogP contribution in [0.1, 0.15) is 258 Å². The highest BCUT2D eigenvalue weighted by Gasteiger charge is 2.44. The molecule has 1 heterocycles. The largest absolute Gasteiger partial charge is 0.394 e. The minimum atomic E-state index is -1.60. The van der Waals surface area contributed by atoms with Crippen LogP contribution in [-0.4, -0.2) is 98.7 Å². The second kappa shape index (κ2) is 43.5. The van der Waals surface area contributed by atoms with Gasteiger partial charge in [0.25, 0.3) is 0 Å². The molecule has 1 amide bonds. The van der Waals surface area contributed by atoms with Gasteiger partial charge < -0.3 is 45.4 Å². The fourth-order valence-electron chi connectivity index (χ4n) is 8.81. The first-order valence-electron chi connectivity index (χ1n) is 27.0. The predicted octanol–water partition coefficient (Wildman–Crippen LogP) is 11.4. The van der Waals surface area contributed by atoms with Crippen molar-refractivity contribution in [2.24, 2.45) is 0 Å². The van der Waals surface area contributed by atoms with Crippen molar-refractivity contribution in [1.82, 2.24) is 5.32 Å². The van der Waals surface area contributed by atoms with Gasteiger partial charge in [0.05, 0.1) is 25.4 Å². The molecular formula is C53H103NO9. The van der Waals surface area contributed by atoms with Crippen molar-refractivity contribution >= 4 is 5.91 Å². The van der Waals surface area contributed by atoms with E-state index in [1.54, 1.807) is 0 Å². The molecule has 0 aliphatic carbocycles. The fourth-order valence-corrected chi connectivity index (χ4v) is 8.81. The average Bonchev–Trinajstić information content (AvgIpc) is 3.28. The Morgan fingerprint density at radius 1 is 0.524 bits per heavy atom. The minimum Gasteiger partial charge on any atom is -0.394 e. The number of aliphatic hydroxyl groups excluding tert-OH is 6. The van der Waals surface area contributed by atoms with Gasteiger partial charge in [0, 0.05) is 0 Å². The monoisotopic (exact) mass is 898 g/mol. The Morgan fingerprint density at radius 2 is 0.889 bits per heavy atom. The second-order valence-electron chi connectivity index (χ2n) is 19.2. The summed E-state index contributed by atoms with van der Waals surface area (Å²) in [6, 6.07) is -0.892. The summed E-state index contributed by atoms with van der Waals surface area (Å²) in [5.41, 5.74) is 0. The number of amides is 1. The predicted molar refractivity (Wildman–Crippen MR) is 260 cm³/mol. The zero-order valence-electron chi connectivity index (χ0n) is 41.0. The molecule has 8 atom stereocenters. The summed E-state index contributed by atoms with van der Waals surface area (Å²) in [7, 11) is 0. The standard InChI is InChI=1S/C53H103NO9/c1-3-5-7-9-11-13-15-17-19-20-21-22-23-24-25-26-27-28-30-32-34-36-38-40-42-47(57)52(61)54-45(44-62-53-51(60)50(59)49(58)48(43-55)63-53)46(56)41-39-37-35-33-31-29-18-16-14-12-10-8-6-4-2/h24-25,45-51,53,55-60H,3-23,26-44H2,1-2H3,(H,54,61)/b25-24-. The van der Waals surface area contributed by atoms with Crippen LogP contribution in [0.5, 0.6) is 0 Å². The van der Waals surface area contributed by atoms with Crippen LogP contribution in [0.15, 0.2) is 12.2 Å². The maximum absolute atomic E-state index is 13.1. The number of carbonyl (C=O) groups excluding carboxylic acids is 1. The lowest BCUT2D eigenvalue weighted by molar-refractivity contribution is -0.302. The third-order valence-electron chi connectivity index (χ3n) is 13.2. The molecular weight excluding hydrogens is 795 g/mol. The van der Waals surface area contributed by atoms with Gasteiger partial charge in [-0.3, -0.25) is 4.79 Å². The molecule has 0 saturated carbocycles. The van der Waals surface area contributed by atoms with Crippen molar-refractivity contribution in [2.45, 2.75) is 307 Å². The van der Waals surface area contributed by atoms with Crippen molar-refractivity contribution in [3.05, 3.63) is 12.2 Å². The lowest BCUT2D eigenvalue weighted by atomic mass is 9.99. The summed E-state index contributed by atoms with van der Waals surface area (Å²) in [5, 5.41) is 65.0. The number of hydrogen-bond acceptors (Lipinski definition) is 9. The van der Waals surface area contributed by atoms with Gasteiger partial charge in [0.1, 0.15) is 30.5 Å². The molecule has 0 bridgehead atoms. The highest BCUT2D eigenvalue weighted by molar-refractivity contribution is 5.80. The first kappa shape index (κ1) is 59.9. The highest BCUT2D eigenvalue weighted by atomic mass is 16.7. The van der Waals surface area contributed by atoms with E-state index in [9.17, 15) is 35.4 Å². The first-order chi connectivity index (χ1) is 30.8. The number of carbonyl (C=O) groups is 1. The maximum atomic E-state index is 13.1. The first-order valence-corrected chi connectivity index (χ1v) is 27.0.